The molecule has 3 nitrogen and oxygen atoms in total. The highest BCUT2D eigenvalue weighted by atomic mass is 19.1. The van der Waals surface area contributed by atoms with E-state index in [1.807, 2.05) is 0 Å². The highest BCUT2D eigenvalue weighted by Crippen LogP contribution is 2.15. The maximum atomic E-state index is 13.5. The number of hydrogen-bond donors (Lipinski definition) is 2. The summed E-state index contributed by atoms with van der Waals surface area (Å²) < 4.78 is 26.6. The molecule has 0 bridgehead atoms. The Balaban J connectivity index is 2.10. The predicted octanol–water partition coefficient (Wildman–Crippen LogP) is 1.76. The maximum absolute atomic E-state index is 13.5. The van der Waals surface area contributed by atoms with Gasteiger partial charge in [0, 0.05) is 12.1 Å². The highest BCUT2D eigenvalue weighted by molar-refractivity contribution is 5.94. The van der Waals surface area contributed by atoms with Gasteiger partial charge in [0.25, 0.3) is 5.91 Å². The minimum atomic E-state index is -0.815. The topological polar surface area (TPSA) is 41.1 Å². The SMILES string of the molecule is Cc1cc(C(=O)NC2CCNCC2)c(F)cc1F. The number of piperidine rings is 1. The zero-order valence-corrected chi connectivity index (χ0v) is 10.2. The van der Waals surface area contributed by atoms with Gasteiger partial charge in [0.15, 0.2) is 0 Å². The normalized spacial score (nSPS) is 16.6. The van der Waals surface area contributed by atoms with Gasteiger partial charge in [-0.15, -0.1) is 0 Å². The summed E-state index contributed by atoms with van der Waals surface area (Å²) in [5.74, 6) is -1.92. The molecule has 0 unspecified atom stereocenters. The minimum absolute atomic E-state index is 0.0588. The molecule has 1 amide bonds. The second-order valence-corrected chi connectivity index (χ2v) is 4.58. The Morgan fingerprint density at radius 2 is 1.94 bits per heavy atom. The lowest BCUT2D eigenvalue weighted by Gasteiger charge is -2.23. The zero-order chi connectivity index (χ0) is 13.1. The Kier molecular flexibility index (Phi) is 3.91. The molecule has 0 aliphatic carbocycles. The van der Waals surface area contributed by atoms with Gasteiger partial charge in [-0.1, -0.05) is 0 Å². The first-order chi connectivity index (χ1) is 8.58. The number of rotatable bonds is 2. The fourth-order valence-electron chi connectivity index (χ4n) is 2.06. The molecule has 2 N–H and O–H groups in total. The molecule has 1 fully saturated rings. The third kappa shape index (κ3) is 2.85. The molecule has 98 valence electrons. The summed E-state index contributed by atoms with van der Waals surface area (Å²) in [7, 11) is 0. The third-order valence-corrected chi connectivity index (χ3v) is 3.17. The fourth-order valence-corrected chi connectivity index (χ4v) is 2.06. The second kappa shape index (κ2) is 5.44. The van der Waals surface area contributed by atoms with Crippen LogP contribution in [0.4, 0.5) is 8.78 Å². The zero-order valence-electron chi connectivity index (χ0n) is 10.2. The average molecular weight is 254 g/mol. The van der Waals surface area contributed by atoms with Gasteiger partial charge in [-0.05, 0) is 44.5 Å². The summed E-state index contributed by atoms with van der Waals surface area (Å²) in [4.78, 5) is 11.9. The van der Waals surface area contributed by atoms with Crippen molar-refractivity contribution in [1.29, 1.82) is 0 Å². The van der Waals surface area contributed by atoms with E-state index in [0.717, 1.165) is 32.0 Å². The second-order valence-electron chi connectivity index (χ2n) is 4.58. The van der Waals surface area contributed by atoms with Crippen molar-refractivity contribution in [3.63, 3.8) is 0 Å². The van der Waals surface area contributed by atoms with Crippen molar-refractivity contribution in [2.24, 2.45) is 0 Å². The highest BCUT2D eigenvalue weighted by Gasteiger charge is 2.19. The molecular weight excluding hydrogens is 238 g/mol. The number of benzene rings is 1. The van der Waals surface area contributed by atoms with Crippen LogP contribution >= 0.6 is 0 Å². The average Bonchev–Trinajstić information content (AvgIpc) is 2.35. The number of hydrogen-bond acceptors (Lipinski definition) is 2. The first-order valence-electron chi connectivity index (χ1n) is 6.05. The molecule has 1 heterocycles. The number of nitrogens with one attached hydrogen (secondary N) is 2. The summed E-state index contributed by atoms with van der Waals surface area (Å²) in [5.41, 5.74) is 0.180. The molecule has 0 aromatic heterocycles. The summed E-state index contributed by atoms with van der Waals surface area (Å²) in [6.07, 6.45) is 1.65. The van der Waals surface area contributed by atoms with Crippen molar-refractivity contribution in [2.45, 2.75) is 25.8 Å². The van der Waals surface area contributed by atoms with Crippen LogP contribution in [0.1, 0.15) is 28.8 Å². The first kappa shape index (κ1) is 13.0. The van der Waals surface area contributed by atoms with Crippen LogP contribution in [0.3, 0.4) is 0 Å². The number of carbonyl (C=O) groups is 1. The minimum Gasteiger partial charge on any atom is -0.349 e. The lowest BCUT2D eigenvalue weighted by atomic mass is 10.1. The van der Waals surface area contributed by atoms with Crippen LogP contribution in [0.5, 0.6) is 0 Å². The van der Waals surface area contributed by atoms with Crippen molar-refractivity contribution in [3.8, 4) is 0 Å². The van der Waals surface area contributed by atoms with Crippen LogP contribution in [0.25, 0.3) is 0 Å². The lowest BCUT2D eigenvalue weighted by molar-refractivity contribution is 0.0925. The molecule has 18 heavy (non-hydrogen) atoms. The van der Waals surface area contributed by atoms with Gasteiger partial charge in [-0.3, -0.25) is 4.79 Å². The monoisotopic (exact) mass is 254 g/mol. The van der Waals surface area contributed by atoms with Gasteiger partial charge < -0.3 is 10.6 Å². The van der Waals surface area contributed by atoms with Crippen LogP contribution in [0.15, 0.2) is 12.1 Å². The largest absolute Gasteiger partial charge is 0.349 e. The van der Waals surface area contributed by atoms with Crippen molar-refractivity contribution in [2.75, 3.05) is 13.1 Å². The molecule has 1 aliphatic rings. The molecule has 0 atom stereocenters. The third-order valence-electron chi connectivity index (χ3n) is 3.17. The fraction of sp³-hybridized carbons (Fsp3) is 0.462. The predicted molar refractivity (Wildman–Crippen MR) is 64.5 cm³/mol. The van der Waals surface area contributed by atoms with Gasteiger partial charge in [0.1, 0.15) is 11.6 Å². The molecule has 1 saturated heterocycles. The van der Waals surface area contributed by atoms with E-state index in [1.54, 1.807) is 0 Å². The lowest BCUT2D eigenvalue weighted by Crippen LogP contribution is -2.42. The first-order valence-corrected chi connectivity index (χ1v) is 6.05. The molecule has 0 saturated carbocycles. The number of halogens is 2. The van der Waals surface area contributed by atoms with Gasteiger partial charge >= 0.3 is 0 Å². The molecule has 0 radical (unpaired) electrons. The van der Waals surface area contributed by atoms with E-state index < -0.39 is 17.5 Å². The van der Waals surface area contributed by atoms with Gasteiger partial charge in [-0.2, -0.15) is 0 Å². The quantitative estimate of drug-likeness (QED) is 0.844. The Hall–Kier alpha value is -1.49. The van der Waals surface area contributed by atoms with Crippen LogP contribution < -0.4 is 10.6 Å². The standard InChI is InChI=1S/C13H16F2N2O/c1-8-6-10(12(15)7-11(8)14)13(18)17-9-2-4-16-5-3-9/h6-7,9,16H,2-5H2,1H3,(H,17,18). The van der Waals surface area contributed by atoms with Crippen LogP contribution in [0.2, 0.25) is 0 Å². The van der Waals surface area contributed by atoms with Crippen molar-refractivity contribution < 1.29 is 13.6 Å². The molecule has 0 spiro atoms. The van der Waals surface area contributed by atoms with Crippen molar-refractivity contribution >= 4 is 5.91 Å². The molecule has 1 aromatic rings. The van der Waals surface area contributed by atoms with E-state index >= 15 is 0 Å². The van der Waals surface area contributed by atoms with Gasteiger partial charge in [-0.25, -0.2) is 8.78 Å². The van der Waals surface area contributed by atoms with Crippen molar-refractivity contribution in [1.82, 2.24) is 10.6 Å². The summed E-state index contributed by atoms with van der Waals surface area (Å²) in [6, 6.07) is 2.07. The van der Waals surface area contributed by atoms with Crippen molar-refractivity contribution in [3.05, 3.63) is 34.9 Å². The summed E-state index contributed by atoms with van der Waals surface area (Å²) in [6.45, 7) is 3.20. The van der Waals surface area contributed by atoms with E-state index in [2.05, 4.69) is 10.6 Å². The van der Waals surface area contributed by atoms with Gasteiger partial charge in [0.05, 0.1) is 5.56 Å². The molecule has 1 aliphatic heterocycles. The van der Waals surface area contributed by atoms with E-state index in [9.17, 15) is 13.6 Å². The van der Waals surface area contributed by atoms with E-state index in [0.29, 0.717) is 0 Å². The maximum Gasteiger partial charge on any atom is 0.254 e. The molecular formula is C13H16F2N2O. The van der Waals surface area contributed by atoms with E-state index in [4.69, 9.17) is 0 Å². The van der Waals surface area contributed by atoms with Crippen LogP contribution in [-0.4, -0.2) is 25.0 Å². The Morgan fingerprint density at radius 1 is 1.28 bits per heavy atom. The number of amides is 1. The van der Waals surface area contributed by atoms with E-state index in [1.165, 1.54) is 13.0 Å². The van der Waals surface area contributed by atoms with Crippen LogP contribution in [-0.2, 0) is 0 Å². The van der Waals surface area contributed by atoms with Gasteiger partial charge in [0.2, 0.25) is 0 Å². The Bertz CT molecular complexity index is 457. The smallest absolute Gasteiger partial charge is 0.254 e. The number of carbonyl (C=O) groups excluding carboxylic acids is 1. The molecule has 5 heteroatoms. The molecule has 1 aromatic carbocycles. The Morgan fingerprint density at radius 3 is 2.61 bits per heavy atom. The van der Waals surface area contributed by atoms with E-state index in [-0.39, 0.29) is 17.2 Å². The Labute approximate surface area is 105 Å². The summed E-state index contributed by atoms with van der Waals surface area (Å²) >= 11 is 0. The molecule has 2 rings (SSSR count). The summed E-state index contributed by atoms with van der Waals surface area (Å²) in [5, 5.41) is 5.96. The van der Waals surface area contributed by atoms with Crippen LogP contribution in [0, 0.1) is 18.6 Å². The number of aryl methyl sites for hydroxylation is 1.